The van der Waals surface area contributed by atoms with Crippen molar-refractivity contribution in [2.24, 2.45) is 7.05 Å². The topological polar surface area (TPSA) is 102 Å². The maximum Gasteiger partial charge on any atom is 0.465 e. The van der Waals surface area contributed by atoms with Crippen molar-refractivity contribution in [3.05, 3.63) is 46.4 Å². The predicted molar refractivity (Wildman–Crippen MR) is 53.8 cm³/mol. The van der Waals surface area contributed by atoms with Crippen LogP contribution in [0.1, 0.15) is 10.4 Å². The second-order valence-corrected chi connectivity index (χ2v) is 2.86. The van der Waals surface area contributed by atoms with E-state index < -0.39 is 5.97 Å². The van der Waals surface area contributed by atoms with Crippen LogP contribution in [0.25, 0.3) is 0 Å². The van der Waals surface area contributed by atoms with E-state index >= 15 is 0 Å². The maximum atomic E-state index is 10.2. The van der Waals surface area contributed by atoms with Crippen molar-refractivity contribution in [2.75, 3.05) is 0 Å². The molecular formula is C9H11ClN4O3. The molecule has 17 heavy (non-hydrogen) atoms. The first-order valence-corrected chi connectivity index (χ1v) is 4.38. The van der Waals surface area contributed by atoms with Gasteiger partial charge in [-0.05, 0) is 12.1 Å². The molecule has 7 nitrogen and oxygen atoms in total. The number of carbonyl (C=O) groups is 1. The number of aromatic carboxylic acids is 1. The zero-order valence-electron chi connectivity index (χ0n) is 8.92. The highest BCUT2D eigenvalue weighted by Crippen LogP contribution is 1.96. The monoisotopic (exact) mass is 258 g/mol. The summed E-state index contributed by atoms with van der Waals surface area (Å²) in [6.07, 6.45) is 0. The van der Waals surface area contributed by atoms with Crippen LogP contribution < -0.4 is 23.3 Å². The van der Waals surface area contributed by atoms with E-state index in [9.17, 15) is 9.59 Å². The van der Waals surface area contributed by atoms with Crippen LogP contribution in [-0.2, 0) is 7.05 Å². The minimum Gasteiger partial charge on any atom is -1.00 e. The average molecular weight is 259 g/mol. The number of hydrogen-bond donors (Lipinski definition) is 2. The summed E-state index contributed by atoms with van der Waals surface area (Å²) in [6, 6.07) is 8.30. The van der Waals surface area contributed by atoms with Crippen LogP contribution in [0.15, 0.2) is 35.1 Å². The largest absolute Gasteiger partial charge is 1.00 e. The van der Waals surface area contributed by atoms with Gasteiger partial charge in [-0.2, -0.15) is 0 Å². The third-order valence-corrected chi connectivity index (χ3v) is 1.68. The van der Waals surface area contributed by atoms with Crippen molar-refractivity contribution in [3.8, 4) is 0 Å². The van der Waals surface area contributed by atoms with Crippen molar-refractivity contribution < 1.29 is 27.5 Å². The molecule has 1 aromatic heterocycles. The zero-order chi connectivity index (χ0) is 12.0. The number of carboxylic acids is 1. The molecule has 0 aliphatic heterocycles. The number of aryl methyl sites for hydroxylation is 1. The van der Waals surface area contributed by atoms with Gasteiger partial charge in [-0.25, -0.2) is 9.59 Å². The number of tetrazole rings is 1. The van der Waals surface area contributed by atoms with Crippen LogP contribution in [0.4, 0.5) is 0 Å². The summed E-state index contributed by atoms with van der Waals surface area (Å²) >= 11 is 0. The van der Waals surface area contributed by atoms with E-state index in [1.165, 1.54) is 4.68 Å². The molecule has 0 aliphatic carbocycles. The molecule has 8 heteroatoms. The molecular weight excluding hydrogens is 248 g/mol. The molecule has 2 rings (SSSR count). The van der Waals surface area contributed by atoms with Gasteiger partial charge >= 0.3 is 11.7 Å². The van der Waals surface area contributed by atoms with Gasteiger partial charge in [-0.3, -0.25) is 0 Å². The van der Waals surface area contributed by atoms with Crippen molar-refractivity contribution in [1.29, 1.82) is 0 Å². The quantitative estimate of drug-likeness (QED) is 0.550. The van der Waals surface area contributed by atoms with Crippen LogP contribution >= 0.6 is 0 Å². The normalized spacial score (nSPS) is 8.53. The lowest BCUT2D eigenvalue weighted by Crippen LogP contribution is -3.00. The molecule has 0 amide bonds. The number of benzene rings is 1. The SMILES string of the molecule is Cn1[nH+]n[nH]c1=O.O=C(O)c1ccccc1.[Cl-]. The molecule has 3 N–H and O–H groups in total. The van der Waals surface area contributed by atoms with E-state index in [1.807, 2.05) is 0 Å². The number of nitrogens with one attached hydrogen (secondary N) is 2. The molecule has 0 bridgehead atoms. The second kappa shape index (κ2) is 7.18. The van der Waals surface area contributed by atoms with Gasteiger partial charge in [0.1, 0.15) is 5.21 Å². The first kappa shape index (κ1) is 14.8. The molecule has 0 fully saturated rings. The third-order valence-electron chi connectivity index (χ3n) is 1.68. The molecule has 0 saturated carbocycles. The minimum absolute atomic E-state index is 0. The van der Waals surface area contributed by atoms with Crippen LogP contribution in [0.3, 0.4) is 0 Å². The van der Waals surface area contributed by atoms with Crippen molar-refractivity contribution in [2.45, 2.75) is 0 Å². The van der Waals surface area contributed by atoms with E-state index in [-0.39, 0.29) is 18.1 Å². The van der Waals surface area contributed by atoms with Crippen LogP contribution in [0.2, 0.25) is 0 Å². The second-order valence-electron chi connectivity index (χ2n) is 2.86. The summed E-state index contributed by atoms with van der Waals surface area (Å²) in [5.41, 5.74) is 0.0949. The van der Waals surface area contributed by atoms with E-state index in [4.69, 9.17) is 5.11 Å². The lowest BCUT2D eigenvalue weighted by molar-refractivity contribution is -0.553. The molecule has 0 aliphatic rings. The number of hydrogen-bond acceptors (Lipinski definition) is 3. The van der Waals surface area contributed by atoms with E-state index in [0.29, 0.717) is 5.56 Å². The van der Waals surface area contributed by atoms with Gasteiger partial charge in [0.05, 0.1) is 12.6 Å². The van der Waals surface area contributed by atoms with E-state index in [2.05, 4.69) is 15.5 Å². The number of rotatable bonds is 1. The summed E-state index contributed by atoms with van der Waals surface area (Å²) in [4.78, 5) is 20.4. The van der Waals surface area contributed by atoms with Gasteiger partial charge in [0, 0.05) is 0 Å². The Morgan fingerprint density at radius 3 is 2.24 bits per heavy atom. The Kier molecular flexibility index (Phi) is 6.27. The zero-order valence-corrected chi connectivity index (χ0v) is 9.68. The van der Waals surface area contributed by atoms with Gasteiger partial charge in [0.25, 0.3) is 0 Å². The molecule has 0 radical (unpaired) electrons. The standard InChI is InChI=1S/C7H6O2.C2H4N4O.ClH/c8-7(9)6-4-2-1-3-5-6;1-6-2(7)3-4-5-6;/h1-5H,(H,8,9);1H3,(H,3,5,7);1H. The van der Waals surface area contributed by atoms with Gasteiger partial charge in [0.15, 0.2) is 0 Å². The maximum absolute atomic E-state index is 10.2. The average Bonchev–Trinajstić information content (AvgIpc) is 2.65. The van der Waals surface area contributed by atoms with Crippen LogP contribution in [0.5, 0.6) is 0 Å². The highest BCUT2D eigenvalue weighted by Gasteiger charge is 1.96. The third kappa shape index (κ3) is 4.94. The Labute approximate surface area is 102 Å². The number of H-pyrrole nitrogens is 2. The molecule has 0 saturated heterocycles. The van der Waals surface area contributed by atoms with E-state index in [1.54, 1.807) is 37.4 Å². The molecule has 1 heterocycles. The van der Waals surface area contributed by atoms with Gasteiger partial charge in [-0.15, -0.1) is 4.68 Å². The summed E-state index contributed by atoms with van der Waals surface area (Å²) in [5, 5.41) is 16.2. The van der Waals surface area contributed by atoms with Crippen LogP contribution in [-0.4, -0.2) is 26.1 Å². The Balaban J connectivity index is 0.000000292. The van der Waals surface area contributed by atoms with Crippen molar-refractivity contribution >= 4 is 5.97 Å². The van der Waals surface area contributed by atoms with Crippen molar-refractivity contribution in [1.82, 2.24) is 15.0 Å². The fourth-order valence-corrected chi connectivity index (χ4v) is 0.849. The molecule has 0 spiro atoms. The molecule has 0 unspecified atom stereocenters. The molecule has 1 aromatic carbocycles. The van der Waals surface area contributed by atoms with Crippen molar-refractivity contribution in [3.63, 3.8) is 0 Å². The van der Waals surface area contributed by atoms with Crippen LogP contribution in [0, 0.1) is 0 Å². The Hall–Kier alpha value is -2.15. The van der Waals surface area contributed by atoms with Gasteiger partial charge < -0.3 is 17.5 Å². The fourth-order valence-electron chi connectivity index (χ4n) is 0.849. The van der Waals surface area contributed by atoms with E-state index in [0.717, 1.165) is 0 Å². The fraction of sp³-hybridized carbons (Fsp3) is 0.111. The first-order chi connectivity index (χ1) is 7.61. The minimum atomic E-state index is -0.879. The Bertz CT molecular complexity index is 508. The lowest BCUT2D eigenvalue weighted by atomic mass is 10.2. The smallest absolute Gasteiger partial charge is 0.465 e. The predicted octanol–water partition coefficient (Wildman–Crippen LogP) is -3.69. The number of nitrogens with zero attached hydrogens (tertiary/aromatic N) is 2. The number of aromatic nitrogens is 4. The summed E-state index contributed by atoms with van der Waals surface area (Å²) in [5.74, 6) is -0.879. The Morgan fingerprint density at radius 1 is 1.41 bits per heavy atom. The first-order valence-electron chi connectivity index (χ1n) is 4.38. The summed E-state index contributed by atoms with van der Waals surface area (Å²) < 4.78 is 1.24. The summed E-state index contributed by atoms with van der Waals surface area (Å²) in [6.45, 7) is 0. The van der Waals surface area contributed by atoms with Gasteiger partial charge in [-0.1, -0.05) is 28.5 Å². The Morgan fingerprint density at radius 2 is 2.00 bits per heavy atom. The number of halogens is 1. The summed E-state index contributed by atoms with van der Waals surface area (Å²) in [7, 11) is 1.58. The highest BCUT2D eigenvalue weighted by atomic mass is 35.5. The molecule has 92 valence electrons. The lowest BCUT2D eigenvalue weighted by Gasteiger charge is -1.88. The molecule has 0 atom stereocenters. The number of aromatic amines is 2. The number of carboxylic acid groups (broad SMARTS) is 1. The van der Waals surface area contributed by atoms with Gasteiger partial charge in [0.2, 0.25) is 0 Å². The highest BCUT2D eigenvalue weighted by molar-refractivity contribution is 5.87. The molecule has 2 aromatic rings.